The van der Waals surface area contributed by atoms with Gasteiger partial charge < -0.3 is 10.6 Å². The molecule has 1 heterocycles. The van der Waals surface area contributed by atoms with Gasteiger partial charge in [-0.15, -0.1) is 0 Å². The summed E-state index contributed by atoms with van der Waals surface area (Å²) in [5.74, 6) is -0.0879. The highest BCUT2D eigenvalue weighted by molar-refractivity contribution is 5.93. The zero-order valence-electron chi connectivity index (χ0n) is 13.5. The molecule has 0 spiro atoms. The lowest BCUT2D eigenvalue weighted by Gasteiger charge is -2.06. The Morgan fingerprint density at radius 2 is 1.76 bits per heavy atom. The van der Waals surface area contributed by atoms with Gasteiger partial charge >= 0.3 is 0 Å². The molecule has 0 atom stereocenters. The number of amides is 1. The number of rotatable bonds is 11. The van der Waals surface area contributed by atoms with Crippen LogP contribution >= 0.6 is 0 Å². The van der Waals surface area contributed by atoms with Gasteiger partial charge in [-0.3, -0.25) is 9.78 Å². The van der Waals surface area contributed by atoms with E-state index in [1.165, 1.54) is 44.9 Å². The van der Waals surface area contributed by atoms with Crippen molar-refractivity contribution in [3.63, 3.8) is 0 Å². The second kappa shape index (κ2) is 11.1. The quantitative estimate of drug-likeness (QED) is 0.606. The van der Waals surface area contributed by atoms with Crippen LogP contribution in [0.4, 0.5) is 5.69 Å². The highest BCUT2D eigenvalue weighted by Gasteiger charge is 2.06. The van der Waals surface area contributed by atoms with Crippen LogP contribution in [-0.4, -0.2) is 24.5 Å². The zero-order valence-corrected chi connectivity index (χ0v) is 13.5. The fraction of sp³-hybridized carbons (Fsp3) is 0.647. The maximum Gasteiger partial charge on any atom is 0.269 e. The van der Waals surface area contributed by atoms with Crippen LogP contribution in [0.5, 0.6) is 0 Å². The number of anilines is 1. The summed E-state index contributed by atoms with van der Waals surface area (Å²) in [4.78, 5) is 16.0. The minimum absolute atomic E-state index is 0.0879. The summed E-state index contributed by atoms with van der Waals surface area (Å²) in [6, 6.07) is 3.61. The van der Waals surface area contributed by atoms with E-state index in [9.17, 15) is 4.79 Å². The molecular weight excluding hydrogens is 262 g/mol. The van der Waals surface area contributed by atoms with E-state index in [-0.39, 0.29) is 5.91 Å². The summed E-state index contributed by atoms with van der Waals surface area (Å²) in [6.07, 6.45) is 11.8. The fourth-order valence-electron chi connectivity index (χ4n) is 2.26. The van der Waals surface area contributed by atoms with Crippen LogP contribution in [0.1, 0.15) is 68.8 Å². The van der Waals surface area contributed by atoms with E-state index in [0.717, 1.165) is 18.7 Å². The van der Waals surface area contributed by atoms with Crippen molar-refractivity contribution in [1.82, 2.24) is 10.3 Å². The maximum atomic E-state index is 11.9. The van der Waals surface area contributed by atoms with Gasteiger partial charge in [-0.1, -0.05) is 51.9 Å². The summed E-state index contributed by atoms with van der Waals surface area (Å²) >= 11 is 0. The van der Waals surface area contributed by atoms with Gasteiger partial charge in [0.15, 0.2) is 0 Å². The molecular formula is C17H29N3O. The lowest BCUT2D eigenvalue weighted by molar-refractivity contribution is 0.0948. The van der Waals surface area contributed by atoms with E-state index in [2.05, 4.69) is 22.5 Å². The van der Waals surface area contributed by atoms with Crippen LogP contribution in [0.3, 0.4) is 0 Å². The van der Waals surface area contributed by atoms with E-state index >= 15 is 0 Å². The Balaban J connectivity index is 2.08. The van der Waals surface area contributed by atoms with Crippen LogP contribution in [0.25, 0.3) is 0 Å². The van der Waals surface area contributed by atoms with Crippen molar-refractivity contribution in [3.05, 3.63) is 24.0 Å². The third kappa shape index (κ3) is 7.69. The molecule has 4 nitrogen and oxygen atoms in total. The lowest BCUT2D eigenvalue weighted by Crippen LogP contribution is -2.25. The summed E-state index contributed by atoms with van der Waals surface area (Å²) in [5, 5.41) is 5.94. The van der Waals surface area contributed by atoms with Gasteiger partial charge in [0.1, 0.15) is 5.69 Å². The Kier molecular flexibility index (Phi) is 9.25. The first-order valence-electron chi connectivity index (χ1n) is 8.20. The van der Waals surface area contributed by atoms with Crippen molar-refractivity contribution in [2.75, 3.05) is 18.9 Å². The third-order valence-electron chi connectivity index (χ3n) is 3.60. The Morgan fingerprint density at radius 3 is 2.43 bits per heavy atom. The molecule has 0 radical (unpaired) electrons. The van der Waals surface area contributed by atoms with E-state index in [1.54, 1.807) is 12.3 Å². The molecule has 1 aromatic heterocycles. The maximum absolute atomic E-state index is 11.9. The first-order chi connectivity index (χ1) is 10.3. The number of pyridine rings is 1. The zero-order chi connectivity index (χ0) is 15.3. The molecule has 1 aromatic rings. The Hall–Kier alpha value is -1.58. The molecule has 1 amide bonds. The Bertz CT molecular complexity index is 407. The summed E-state index contributed by atoms with van der Waals surface area (Å²) in [6.45, 7) is 2.98. The van der Waals surface area contributed by atoms with E-state index in [0.29, 0.717) is 5.69 Å². The van der Waals surface area contributed by atoms with Crippen LogP contribution in [0, 0.1) is 0 Å². The number of hydrogen-bond donors (Lipinski definition) is 2. The minimum Gasteiger partial charge on any atom is -0.388 e. The second-order valence-electron chi connectivity index (χ2n) is 5.41. The van der Waals surface area contributed by atoms with Crippen molar-refractivity contribution >= 4 is 11.6 Å². The largest absolute Gasteiger partial charge is 0.388 e. The minimum atomic E-state index is -0.0879. The topological polar surface area (TPSA) is 54.0 Å². The summed E-state index contributed by atoms with van der Waals surface area (Å²) in [5.41, 5.74) is 1.38. The predicted molar refractivity (Wildman–Crippen MR) is 88.7 cm³/mol. The van der Waals surface area contributed by atoms with Crippen molar-refractivity contribution in [1.29, 1.82) is 0 Å². The van der Waals surface area contributed by atoms with E-state index in [1.807, 2.05) is 13.1 Å². The highest BCUT2D eigenvalue weighted by atomic mass is 16.1. The second-order valence-corrected chi connectivity index (χ2v) is 5.41. The molecule has 0 saturated heterocycles. The molecule has 0 aliphatic carbocycles. The molecule has 21 heavy (non-hydrogen) atoms. The number of aromatic nitrogens is 1. The molecule has 0 unspecified atom stereocenters. The fourth-order valence-corrected chi connectivity index (χ4v) is 2.26. The van der Waals surface area contributed by atoms with Gasteiger partial charge in [-0.2, -0.15) is 0 Å². The standard InChI is InChI=1S/C17H29N3O/c1-3-4-5-6-7-8-9-10-12-20-17(21)16-14-15(18-2)11-13-19-16/h11,13-14H,3-10,12H2,1-2H3,(H,18,19)(H,20,21). The average molecular weight is 291 g/mol. The normalized spacial score (nSPS) is 10.4. The first kappa shape index (κ1) is 17.5. The van der Waals surface area contributed by atoms with Gasteiger partial charge in [-0.05, 0) is 18.6 Å². The van der Waals surface area contributed by atoms with Gasteiger partial charge in [0.05, 0.1) is 0 Å². The van der Waals surface area contributed by atoms with Crippen LogP contribution < -0.4 is 10.6 Å². The first-order valence-corrected chi connectivity index (χ1v) is 8.20. The van der Waals surface area contributed by atoms with Gasteiger partial charge in [-0.25, -0.2) is 0 Å². The SMILES string of the molecule is CCCCCCCCCCNC(=O)c1cc(NC)ccn1. The van der Waals surface area contributed by atoms with Gasteiger partial charge in [0.25, 0.3) is 5.91 Å². The molecule has 118 valence electrons. The Labute approximate surface area is 128 Å². The third-order valence-corrected chi connectivity index (χ3v) is 3.60. The van der Waals surface area contributed by atoms with Crippen molar-refractivity contribution in [2.24, 2.45) is 0 Å². The highest BCUT2D eigenvalue weighted by Crippen LogP contribution is 2.08. The molecule has 0 aliphatic rings. The molecule has 1 rings (SSSR count). The number of carbonyl (C=O) groups excluding carboxylic acids is 1. The molecule has 0 aromatic carbocycles. The number of nitrogens with one attached hydrogen (secondary N) is 2. The molecule has 0 aliphatic heterocycles. The van der Waals surface area contributed by atoms with Crippen LogP contribution in [0.2, 0.25) is 0 Å². The van der Waals surface area contributed by atoms with Crippen molar-refractivity contribution < 1.29 is 4.79 Å². The molecule has 2 N–H and O–H groups in total. The summed E-state index contributed by atoms with van der Waals surface area (Å²) in [7, 11) is 1.83. The number of hydrogen-bond acceptors (Lipinski definition) is 3. The van der Waals surface area contributed by atoms with Crippen molar-refractivity contribution in [3.8, 4) is 0 Å². The van der Waals surface area contributed by atoms with Gasteiger partial charge in [0, 0.05) is 25.5 Å². The monoisotopic (exact) mass is 291 g/mol. The smallest absolute Gasteiger partial charge is 0.269 e. The summed E-state index contributed by atoms with van der Waals surface area (Å²) < 4.78 is 0. The van der Waals surface area contributed by atoms with Crippen molar-refractivity contribution in [2.45, 2.75) is 58.3 Å². The van der Waals surface area contributed by atoms with Gasteiger partial charge in [0.2, 0.25) is 0 Å². The predicted octanol–water partition coefficient (Wildman–Crippen LogP) is 3.99. The number of nitrogens with zero attached hydrogens (tertiary/aromatic N) is 1. The molecule has 4 heteroatoms. The molecule has 0 fully saturated rings. The molecule has 0 bridgehead atoms. The van der Waals surface area contributed by atoms with Crippen LogP contribution in [0.15, 0.2) is 18.3 Å². The number of carbonyl (C=O) groups is 1. The Morgan fingerprint density at radius 1 is 1.10 bits per heavy atom. The van der Waals surface area contributed by atoms with Crippen LogP contribution in [-0.2, 0) is 0 Å². The van der Waals surface area contributed by atoms with E-state index in [4.69, 9.17) is 0 Å². The lowest BCUT2D eigenvalue weighted by atomic mass is 10.1. The van der Waals surface area contributed by atoms with E-state index < -0.39 is 0 Å². The number of unbranched alkanes of at least 4 members (excludes halogenated alkanes) is 7. The molecule has 0 saturated carbocycles. The average Bonchev–Trinajstić information content (AvgIpc) is 2.53.